The summed E-state index contributed by atoms with van der Waals surface area (Å²) in [4.78, 5) is 36.4. The van der Waals surface area contributed by atoms with Gasteiger partial charge in [-0.3, -0.25) is 14.0 Å². The molecule has 10 rings (SSSR count). The van der Waals surface area contributed by atoms with E-state index in [2.05, 4.69) is 67.1 Å². The van der Waals surface area contributed by atoms with Crippen LogP contribution in [0.15, 0.2) is 78.4 Å². The number of carbonyl (C=O) groups excluding carboxylic acids is 1. The molecule has 8 aliphatic rings. The third kappa shape index (κ3) is 11.4. The second-order valence-electron chi connectivity index (χ2n) is 23.9. The summed E-state index contributed by atoms with van der Waals surface area (Å²) in [6.07, 6.45) is 7.07. The molecule has 0 radical (unpaired) electrons. The summed E-state index contributed by atoms with van der Waals surface area (Å²) in [5.74, 6) is -6.56. The zero-order chi connectivity index (χ0) is 58.5. The van der Waals surface area contributed by atoms with Crippen molar-refractivity contribution in [2.45, 2.75) is 176 Å². The predicted molar refractivity (Wildman–Crippen MR) is 289 cm³/mol. The van der Waals surface area contributed by atoms with Crippen LogP contribution in [0.2, 0.25) is 5.02 Å². The largest absolute Gasteiger partial charge is 0.478 e. The average molecular weight is 1150 g/mol. The Morgan fingerprint density at radius 2 is 1.44 bits per heavy atom. The van der Waals surface area contributed by atoms with E-state index in [0.29, 0.717) is 68.3 Å². The van der Waals surface area contributed by atoms with Gasteiger partial charge in [0, 0.05) is 90.5 Å². The summed E-state index contributed by atoms with van der Waals surface area (Å²) in [6.45, 7) is 14.2. The Balaban J connectivity index is 0.000000204. The minimum atomic E-state index is -4.67. The van der Waals surface area contributed by atoms with Crippen molar-refractivity contribution in [3.05, 3.63) is 94.5 Å². The molecule has 4 aliphatic carbocycles. The number of rotatable bonds is 10. The summed E-state index contributed by atoms with van der Waals surface area (Å²) in [7, 11) is -2.45. The molecule has 16 unspecified atom stereocenters. The van der Waals surface area contributed by atoms with Crippen LogP contribution >= 0.6 is 11.6 Å². The Hall–Kier alpha value is -3.91. The Labute approximate surface area is 467 Å². The lowest BCUT2D eigenvalue weighted by Crippen LogP contribution is -2.85. The fourth-order valence-electron chi connectivity index (χ4n) is 15.5. The third-order valence-electron chi connectivity index (χ3n) is 19.7. The van der Waals surface area contributed by atoms with Gasteiger partial charge in [-0.15, -0.1) is 0 Å². The molecule has 16 atom stereocenters. The number of nitrogens with zero attached hydrogens (tertiary/aromatic N) is 2. The number of piperidine rings is 2. The van der Waals surface area contributed by atoms with E-state index in [4.69, 9.17) is 53.5 Å². The van der Waals surface area contributed by atoms with Crippen LogP contribution < -0.4 is 0 Å². The van der Waals surface area contributed by atoms with Gasteiger partial charge in [-0.2, -0.15) is 8.42 Å². The van der Waals surface area contributed by atoms with Crippen molar-refractivity contribution in [1.82, 2.24) is 9.80 Å². The van der Waals surface area contributed by atoms with Gasteiger partial charge in [-0.1, -0.05) is 74.0 Å². The number of carboxylic acids is 2. The fraction of sp³-hybridized carbons (Fsp3) is 0.667. The molecule has 2 aromatic carbocycles. The van der Waals surface area contributed by atoms with Gasteiger partial charge in [0.2, 0.25) is 5.79 Å². The maximum Gasteiger partial charge on any atom is 0.394 e. The number of carboxylic acid groups (broad SMARTS) is 2. The first-order chi connectivity index (χ1) is 36.7. The van der Waals surface area contributed by atoms with Crippen LogP contribution in [0.1, 0.15) is 123 Å². The van der Waals surface area contributed by atoms with Gasteiger partial charge in [0.1, 0.15) is 28.0 Å². The maximum absolute atomic E-state index is 12.9. The number of aliphatic hydroxyl groups excluding tert-OH is 1. The van der Waals surface area contributed by atoms with Gasteiger partial charge in [0.25, 0.3) is 0 Å². The number of halogens is 1. The first-order valence-electron chi connectivity index (χ1n) is 27.3. The second-order valence-corrected chi connectivity index (χ2v) is 25.3. The molecular weight excluding hydrogens is 1070 g/mol. The zero-order valence-corrected chi connectivity index (χ0v) is 47.6. The Morgan fingerprint density at radius 1 is 0.848 bits per heavy atom. The van der Waals surface area contributed by atoms with E-state index in [0.717, 1.165) is 30.0 Å². The number of benzene rings is 2. The molecule has 2 aromatic rings. The summed E-state index contributed by atoms with van der Waals surface area (Å²) < 4.78 is 50.7. The van der Waals surface area contributed by atoms with Crippen LogP contribution in [0.5, 0.6) is 0 Å². The van der Waals surface area contributed by atoms with Gasteiger partial charge in [0.15, 0.2) is 6.10 Å². The monoisotopic (exact) mass is 1150 g/mol. The van der Waals surface area contributed by atoms with Crippen LogP contribution in [0.25, 0.3) is 0 Å². The van der Waals surface area contributed by atoms with Gasteiger partial charge in [-0.05, 0) is 128 Å². The number of allylic oxidation sites excluding steroid dienone is 1. The second kappa shape index (κ2) is 23.0. The Morgan fingerprint density at radius 3 is 2.01 bits per heavy atom. The molecule has 0 amide bonds. The van der Waals surface area contributed by atoms with Crippen molar-refractivity contribution >= 4 is 39.9 Å². The Bertz CT molecular complexity index is 2690. The number of hydrogen-bond donors (Lipinski definition) is 10. The SMILES string of the molecule is CC=C(C)C(=O)OC1CCC2(C)C3CCC4C5(O)CC(O)C6(O)C(CN7CC(C)CCC7C6(C)O)C5(O)CC42OC13O.CN1CCCC1CCOC(C)(c1ccccc1)c1ccc(Cl)cc1.O=C(O)C=CC(=O)O.O=S(=O)(O)O. The van der Waals surface area contributed by atoms with Crippen molar-refractivity contribution in [3.8, 4) is 0 Å². The molecule has 10 N–H and O–H groups in total. The molecule has 22 heteroatoms. The van der Waals surface area contributed by atoms with Crippen LogP contribution in [0.3, 0.4) is 0 Å². The molecule has 0 aromatic heterocycles. The highest BCUT2D eigenvalue weighted by atomic mass is 35.5. The number of ether oxygens (including phenoxy) is 3. The lowest BCUT2D eigenvalue weighted by atomic mass is 9.49. The summed E-state index contributed by atoms with van der Waals surface area (Å²) in [5.41, 5.74) is -7.10. The van der Waals surface area contributed by atoms with Crippen molar-refractivity contribution < 1.29 is 87.0 Å². The van der Waals surface area contributed by atoms with Crippen molar-refractivity contribution in [1.29, 1.82) is 0 Å². The number of hydrogen-bond acceptors (Lipinski definition) is 16. The Kier molecular flexibility index (Phi) is 18.3. The first-order valence-corrected chi connectivity index (χ1v) is 29.0. The van der Waals surface area contributed by atoms with E-state index in [1.807, 2.05) is 25.1 Å². The topological polar surface area (TPSA) is 322 Å². The minimum Gasteiger partial charge on any atom is -0.478 e. The molecule has 4 saturated carbocycles. The smallest absolute Gasteiger partial charge is 0.394 e. The highest BCUT2D eigenvalue weighted by Gasteiger charge is 2.89. The molecule has 440 valence electrons. The maximum atomic E-state index is 12.9. The highest BCUT2D eigenvalue weighted by molar-refractivity contribution is 7.79. The van der Waals surface area contributed by atoms with Crippen molar-refractivity contribution in [3.63, 3.8) is 0 Å². The van der Waals surface area contributed by atoms with Gasteiger partial charge in [0.05, 0.1) is 11.7 Å². The van der Waals surface area contributed by atoms with Gasteiger partial charge < -0.3 is 60.0 Å². The molecule has 1 spiro atoms. The molecule has 4 heterocycles. The number of esters is 1. The van der Waals surface area contributed by atoms with Crippen molar-refractivity contribution in [2.24, 2.45) is 29.1 Å². The average Bonchev–Trinajstić information content (AvgIpc) is 2.35. The number of aliphatic hydroxyl groups is 6. The summed E-state index contributed by atoms with van der Waals surface area (Å²) >= 11 is 6.07. The summed E-state index contributed by atoms with van der Waals surface area (Å²) in [6, 6.07) is 18.7. The van der Waals surface area contributed by atoms with E-state index in [-0.39, 0.29) is 25.4 Å². The van der Waals surface area contributed by atoms with Crippen molar-refractivity contribution in [2.75, 3.05) is 33.3 Å². The van der Waals surface area contributed by atoms with E-state index < -0.39 is 103 Å². The lowest BCUT2D eigenvalue weighted by Gasteiger charge is -2.68. The molecule has 4 aliphatic heterocycles. The molecule has 8 fully saturated rings. The molecule has 4 saturated heterocycles. The zero-order valence-electron chi connectivity index (χ0n) is 46.1. The third-order valence-corrected chi connectivity index (χ3v) is 19.9. The summed E-state index contributed by atoms with van der Waals surface area (Å²) in [5, 5.41) is 90.3. The predicted octanol–water partition coefficient (Wildman–Crippen LogP) is 5.15. The highest BCUT2D eigenvalue weighted by Crippen LogP contribution is 2.78. The molecule has 79 heavy (non-hydrogen) atoms. The van der Waals surface area contributed by atoms with Crippen LogP contribution in [0.4, 0.5) is 0 Å². The lowest BCUT2D eigenvalue weighted by molar-refractivity contribution is -0.354. The number of aliphatic carboxylic acids is 2. The van der Waals surface area contributed by atoms with Crippen LogP contribution in [-0.4, -0.2) is 177 Å². The van der Waals surface area contributed by atoms with Crippen LogP contribution in [0, 0.1) is 29.1 Å². The molecule has 4 bridgehead atoms. The van der Waals surface area contributed by atoms with E-state index >= 15 is 0 Å². The normalized spacial score (nSPS) is 40.1. The van der Waals surface area contributed by atoms with E-state index in [1.54, 1.807) is 26.8 Å². The number of fused-ring (bicyclic) bond motifs is 5. The number of likely N-dealkylation sites (tertiary alicyclic amines) is 1. The van der Waals surface area contributed by atoms with Gasteiger partial charge >= 0.3 is 28.3 Å². The van der Waals surface area contributed by atoms with Crippen LogP contribution in [-0.2, 0) is 44.6 Å². The quantitative estimate of drug-likeness (QED) is 0.0835. The van der Waals surface area contributed by atoms with E-state index in [9.17, 15) is 45.0 Å². The first kappa shape index (κ1) is 62.7. The minimum absolute atomic E-state index is 0.0606. The van der Waals surface area contributed by atoms with E-state index in [1.165, 1.54) is 24.9 Å². The van der Waals surface area contributed by atoms with Gasteiger partial charge in [-0.25, -0.2) is 14.4 Å². The number of carbonyl (C=O) groups is 3. The molecular formula is C57H81ClN2O18S. The standard InChI is InChI=1S/C32H49NO9.C21H26ClNO.C4H4O4.H2O4S/c1-6-18(3)25(35)41-24-11-12-26(4)19-8-9-20-28(37)13-23(34)31(39)21(29(28,38)16-30(20,26)42-32(19,24)40)15-33-14-17(2)7-10-22(33)27(31,5)36;1-21(17-7-4-3-5-8-17,18-10-12-19(22)13-11-18)24-16-14-20-9-6-15-23(20)2;5-3(6)1-2-4(7)8;1-5(2,3)4/h6,17,19-24,34,36-40H,7-16H2,1-5H3;3-5,7-8,10-13,20H,6,9,14-16H2,1-2H3;1-2H,(H,5,6)(H,7,8);(H2,1,2,3,4). The fourth-order valence-corrected chi connectivity index (χ4v) is 15.7. The molecule has 20 nitrogen and oxygen atoms in total.